The van der Waals surface area contributed by atoms with Crippen molar-refractivity contribution < 1.29 is 18.0 Å². The van der Waals surface area contributed by atoms with Crippen molar-refractivity contribution in [3.05, 3.63) is 76.6 Å². The highest BCUT2D eigenvalue weighted by molar-refractivity contribution is 6.10. The van der Waals surface area contributed by atoms with Gasteiger partial charge >= 0.3 is 6.18 Å². The van der Waals surface area contributed by atoms with Crippen molar-refractivity contribution in [2.75, 3.05) is 23.8 Å². The number of pyridine rings is 1. The second-order valence-corrected chi connectivity index (χ2v) is 9.66. The fourth-order valence-electron chi connectivity index (χ4n) is 4.93. The second kappa shape index (κ2) is 11.3. The van der Waals surface area contributed by atoms with Crippen molar-refractivity contribution in [1.82, 2.24) is 25.1 Å². The highest BCUT2D eigenvalue weighted by Gasteiger charge is 2.41. The number of hydrogen-bond donors (Lipinski definition) is 2. The lowest BCUT2D eigenvalue weighted by atomic mass is 9.97. The van der Waals surface area contributed by atoms with Crippen molar-refractivity contribution in [2.24, 2.45) is 7.05 Å². The van der Waals surface area contributed by atoms with E-state index in [1.54, 1.807) is 49.0 Å². The Morgan fingerprint density at radius 1 is 1.07 bits per heavy atom. The maximum absolute atomic E-state index is 14.1. The van der Waals surface area contributed by atoms with E-state index in [-0.39, 0.29) is 43.0 Å². The third kappa shape index (κ3) is 5.38. The molecule has 0 fully saturated rings. The number of anilines is 2. The molecular weight excluding hydrogens is 547 g/mol. The molecule has 0 atom stereocenters. The van der Waals surface area contributed by atoms with Crippen LogP contribution >= 0.6 is 0 Å². The molecule has 0 saturated heterocycles. The average molecular weight is 572 g/mol. The van der Waals surface area contributed by atoms with E-state index in [9.17, 15) is 23.2 Å². The van der Waals surface area contributed by atoms with Crippen molar-refractivity contribution in [2.45, 2.75) is 25.7 Å². The lowest BCUT2D eigenvalue weighted by Crippen LogP contribution is -2.24. The Kier molecular flexibility index (Phi) is 7.61. The summed E-state index contributed by atoms with van der Waals surface area (Å²) in [5, 5.41) is 32.6. The molecule has 0 radical (unpaired) electrons. The number of rotatable bonds is 8. The van der Waals surface area contributed by atoms with Gasteiger partial charge in [0.25, 0.3) is 5.91 Å². The van der Waals surface area contributed by atoms with Crippen LogP contribution < -0.4 is 15.5 Å². The molecule has 0 saturated carbocycles. The summed E-state index contributed by atoms with van der Waals surface area (Å²) in [6.45, 7) is 0.0796. The van der Waals surface area contributed by atoms with Crippen LogP contribution in [-0.4, -0.2) is 39.2 Å². The van der Waals surface area contributed by atoms with E-state index in [0.717, 1.165) is 6.07 Å². The van der Waals surface area contributed by atoms with Crippen molar-refractivity contribution in [1.29, 1.82) is 10.5 Å². The van der Waals surface area contributed by atoms with E-state index in [0.29, 0.717) is 39.5 Å². The zero-order chi connectivity index (χ0) is 30.0. The number of amides is 1. The molecule has 0 spiro atoms. The number of alkyl halides is 3. The van der Waals surface area contributed by atoms with E-state index in [2.05, 4.69) is 31.9 Å². The van der Waals surface area contributed by atoms with Crippen LogP contribution in [0.5, 0.6) is 0 Å². The van der Waals surface area contributed by atoms with Crippen molar-refractivity contribution in [3.63, 3.8) is 0 Å². The first-order valence-electron chi connectivity index (χ1n) is 12.9. The summed E-state index contributed by atoms with van der Waals surface area (Å²) < 4.78 is 44.0. The van der Waals surface area contributed by atoms with E-state index >= 15 is 0 Å². The van der Waals surface area contributed by atoms with E-state index in [1.807, 2.05) is 6.07 Å². The van der Waals surface area contributed by atoms with Gasteiger partial charge in [-0.3, -0.25) is 9.69 Å². The summed E-state index contributed by atoms with van der Waals surface area (Å²) in [4.78, 5) is 19.4. The number of aryl methyl sites for hydroxylation is 1. The van der Waals surface area contributed by atoms with Crippen LogP contribution in [0.3, 0.4) is 0 Å². The zero-order valence-corrected chi connectivity index (χ0v) is 22.6. The fraction of sp³-hybridized carbons (Fsp3) is 0.241. The monoisotopic (exact) mass is 571 g/mol. The van der Waals surface area contributed by atoms with Crippen LogP contribution in [0.15, 0.2) is 48.8 Å². The van der Waals surface area contributed by atoms with Crippen molar-refractivity contribution >= 4 is 17.5 Å². The Bertz CT molecular complexity index is 1770. The minimum atomic E-state index is -4.66. The van der Waals surface area contributed by atoms with Crippen LogP contribution in [-0.2, 0) is 26.3 Å². The Balaban J connectivity index is 1.66. The summed E-state index contributed by atoms with van der Waals surface area (Å²) in [6, 6.07) is 15.0. The molecule has 0 aliphatic carbocycles. The van der Waals surface area contributed by atoms with Gasteiger partial charge in [-0.25, -0.2) is 4.98 Å². The number of aromatic nitrogens is 4. The van der Waals surface area contributed by atoms with Gasteiger partial charge in [0.1, 0.15) is 18.0 Å². The lowest BCUT2D eigenvalue weighted by molar-refractivity contribution is -0.138. The van der Waals surface area contributed by atoms with Gasteiger partial charge in [0, 0.05) is 31.3 Å². The quantitative estimate of drug-likeness (QED) is 0.292. The third-order valence-electron chi connectivity index (χ3n) is 6.83. The number of nitrogens with zero attached hydrogens (tertiary/aromatic N) is 7. The van der Waals surface area contributed by atoms with Gasteiger partial charge in [0.2, 0.25) is 0 Å². The Hall–Kier alpha value is -5.27. The Labute approximate surface area is 239 Å². The molecule has 2 N–H and O–H groups in total. The summed E-state index contributed by atoms with van der Waals surface area (Å²) in [5.41, 5.74) is 1.43. The number of carbonyl (C=O) groups is 1. The SMILES string of the molecule is CNCc1cc2c(c(C(F)(F)F)c1)CN(c1cc(-c3cc(C#N)ccc3-c3nncn3C)cc(NCCC#N)n1)C2=O. The number of nitriles is 2. The molecule has 3 heterocycles. The molecule has 1 amide bonds. The van der Waals surface area contributed by atoms with Crippen molar-refractivity contribution in [3.8, 4) is 34.7 Å². The van der Waals surface area contributed by atoms with Crippen LogP contribution in [0.2, 0.25) is 0 Å². The molecule has 212 valence electrons. The molecule has 1 aliphatic heterocycles. The molecule has 0 bridgehead atoms. The zero-order valence-electron chi connectivity index (χ0n) is 22.6. The molecule has 42 heavy (non-hydrogen) atoms. The minimum absolute atomic E-state index is 0.0347. The van der Waals surface area contributed by atoms with Gasteiger partial charge < -0.3 is 15.2 Å². The van der Waals surface area contributed by atoms with E-state index in [1.165, 1.54) is 17.3 Å². The molecule has 0 unspecified atom stereocenters. The van der Waals surface area contributed by atoms with Gasteiger partial charge in [-0.15, -0.1) is 10.2 Å². The fourth-order valence-corrected chi connectivity index (χ4v) is 4.93. The van der Waals surface area contributed by atoms with Crippen LogP contribution in [0, 0.1) is 22.7 Å². The smallest absolute Gasteiger partial charge is 0.369 e. The number of halogens is 3. The molecule has 10 nitrogen and oxygen atoms in total. The average Bonchev–Trinajstić information content (AvgIpc) is 3.54. The van der Waals surface area contributed by atoms with Gasteiger partial charge in [-0.1, -0.05) is 0 Å². The molecule has 1 aliphatic rings. The summed E-state index contributed by atoms with van der Waals surface area (Å²) in [5.74, 6) is 0.325. The Morgan fingerprint density at radius 2 is 1.88 bits per heavy atom. The highest BCUT2D eigenvalue weighted by Crippen LogP contribution is 2.41. The minimum Gasteiger partial charge on any atom is -0.369 e. The van der Waals surface area contributed by atoms with Crippen LogP contribution in [0.1, 0.15) is 39.0 Å². The first-order chi connectivity index (χ1) is 20.1. The largest absolute Gasteiger partial charge is 0.416 e. The maximum Gasteiger partial charge on any atom is 0.416 e. The predicted molar refractivity (Wildman–Crippen MR) is 148 cm³/mol. The molecular formula is C29H24F3N9O. The topological polar surface area (TPSA) is 136 Å². The predicted octanol–water partition coefficient (Wildman–Crippen LogP) is 4.64. The van der Waals surface area contributed by atoms with Gasteiger partial charge in [-0.2, -0.15) is 23.7 Å². The van der Waals surface area contributed by atoms with Crippen LogP contribution in [0.25, 0.3) is 22.5 Å². The van der Waals surface area contributed by atoms with Gasteiger partial charge in [0.05, 0.1) is 36.2 Å². The highest BCUT2D eigenvalue weighted by atomic mass is 19.4. The maximum atomic E-state index is 14.1. The van der Waals surface area contributed by atoms with Crippen LogP contribution in [0.4, 0.5) is 24.8 Å². The number of carbonyl (C=O) groups excluding carboxylic acids is 1. The molecule has 2 aromatic heterocycles. The molecule has 4 aromatic rings. The number of benzene rings is 2. The van der Waals surface area contributed by atoms with E-state index in [4.69, 9.17) is 5.26 Å². The Morgan fingerprint density at radius 3 is 2.55 bits per heavy atom. The normalized spacial score (nSPS) is 12.6. The first kappa shape index (κ1) is 28.3. The summed E-state index contributed by atoms with van der Waals surface area (Å²) in [6.07, 6.45) is -2.95. The standard InChI is InChI=1S/C29H24F3N9O/c1-35-14-18-9-22-23(24(10-18)29(30,31)32)15-41(28(22)42)26-12-19(11-25(38-26)36-7-3-6-33)21-8-17(13-34)4-5-20(21)27-39-37-16-40(27)2/h4-5,8-12,16,35H,3,7,14-15H2,1-2H3,(H,36,38). The number of nitrogens with one attached hydrogen (secondary N) is 2. The van der Waals surface area contributed by atoms with Gasteiger partial charge in [0.15, 0.2) is 5.82 Å². The number of hydrogen-bond acceptors (Lipinski definition) is 8. The molecule has 5 rings (SSSR count). The summed E-state index contributed by atoms with van der Waals surface area (Å²) in [7, 11) is 3.38. The molecule has 2 aromatic carbocycles. The van der Waals surface area contributed by atoms with E-state index < -0.39 is 17.6 Å². The molecule has 13 heteroatoms. The third-order valence-corrected chi connectivity index (χ3v) is 6.83. The second-order valence-electron chi connectivity index (χ2n) is 9.66. The van der Waals surface area contributed by atoms with Gasteiger partial charge in [-0.05, 0) is 71.8 Å². The lowest BCUT2D eigenvalue weighted by Gasteiger charge is -2.19. The number of fused-ring (bicyclic) bond motifs is 1. The summed E-state index contributed by atoms with van der Waals surface area (Å²) >= 11 is 0. The first-order valence-corrected chi connectivity index (χ1v) is 12.9.